The number of nitrogens with two attached hydrogens (primary N) is 1. The molecule has 2 rings (SSSR count). The van der Waals surface area contributed by atoms with Crippen LogP contribution in [0.15, 0.2) is 35.1 Å². The Morgan fingerprint density at radius 1 is 1.19 bits per heavy atom. The fraction of sp³-hybridized carbons (Fsp3) is 0.0714. The van der Waals surface area contributed by atoms with Crippen molar-refractivity contribution in [3.8, 4) is 11.6 Å². The van der Waals surface area contributed by atoms with Crippen LogP contribution in [0.5, 0.6) is 5.88 Å². The number of nitrogens with zero attached hydrogens (tertiary/aromatic N) is 1. The third kappa shape index (κ3) is 2.48. The van der Waals surface area contributed by atoms with E-state index in [1.54, 1.807) is 0 Å². The Balaban J connectivity index is 2.69. The Kier molecular flexibility index (Phi) is 3.49. The molecular formula is C14H12N2O5. The average Bonchev–Trinajstić information content (AvgIpc) is 2.38. The van der Waals surface area contributed by atoms with Crippen molar-refractivity contribution in [2.45, 2.75) is 6.92 Å². The number of aromatic carboxylic acids is 1. The number of hydrogen-bond donors (Lipinski definition) is 3. The van der Waals surface area contributed by atoms with E-state index in [2.05, 4.69) is 0 Å². The SMILES string of the molecule is Cc1cc(O)n(-c2ccc(C(=O)O)cc2)c(=O)c1C(N)=O. The predicted octanol–water partition coefficient (Wildman–Crippen LogP) is 0.649. The standard InChI is InChI=1S/C14H12N2O5/c1-7-6-10(17)16(13(19)11(7)12(15)18)9-4-2-8(3-5-9)14(20)21/h2-6,17H,1H3,(H2,15,18)(H,20,21). The minimum Gasteiger partial charge on any atom is -0.494 e. The van der Waals surface area contributed by atoms with Crippen LogP contribution >= 0.6 is 0 Å². The maximum atomic E-state index is 12.3. The van der Waals surface area contributed by atoms with E-state index in [9.17, 15) is 19.5 Å². The highest BCUT2D eigenvalue weighted by atomic mass is 16.4. The molecule has 4 N–H and O–H groups in total. The highest BCUT2D eigenvalue weighted by Crippen LogP contribution is 2.18. The molecule has 2 aromatic rings. The lowest BCUT2D eigenvalue weighted by atomic mass is 10.1. The van der Waals surface area contributed by atoms with E-state index in [-0.39, 0.29) is 28.3 Å². The number of amides is 1. The molecule has 1 aromatic carbocycles. The molecule has 0 aliphatic carbocycles. The first-order chi connectivity index (χ1) is 9.82. The second-order valence-electron chi connectivity index (χ2n) is 4.42. The Morgan fingerprint density at radius 3 is 2.24 bits per heavy atom. The number of aromatic hydroxyl groups is 1. The molecule has 7 heteroatoms. The molecule has 0 spiro atoms. The third-order valence-corrected chi connectivity index (χ3v) is 3.00. The fourth-order valence-electron chi connectivity index (χ4n) is 2.02. The fourth-order valence-corrected chi connectivity index (χ4v) is 2.02. The topological polar surface area (TPSA) is 123 Å². The first kappa shape index (κ1) is 14.3. The number of hydrogen-bond acceptors (Lipinski definition) is 4. The van der Waals surface area contributed by atoms with Crippen LogP contribution in [-0.2, 0) is 0 Å². The van der Waals surface area contributed by atoms with Gasteiger partial charge in [0, 0.05) is 6.07 Å². The van der Waals surface area contributed by atoms with Gasteiger partial charge in [0.25, 0.3) is 11.5 Å². The van der Waals surface area contributed by atoms with Gasteiger partial charge in [-0.1, -0.05) is 0 Å². The summed E-state index contributed by atoms with van der Waals surface area (Å²) in [5, 5.41) is 18.7. The van der Waals surface area contributed by atoms with Crippen molar-refractivity contribution in [3.63, 3.8) is 0 Å². The zero-order valence-electron chi connectivity index (χ0n) is 11.0. The van der Waals surface area contributed by atoms with Gasteiger partial charge >= 0.3 is 5.97 Å². The second kappa shape index (κ2) is 5.12. The molecule has 0 fully saturated rings. The maximum Gasteiger partial charge on any atom is 0.335 e. The van der Waals surface area contributed by atoms with Gasteiger partial charge in [-0.25, -0.2) is 9.36 Å². The van der Waals surface area contributed by atoms with E-state index in [0.717, 1.165) is 4.57 Å². The second-order valence-corrected chi connectivity index (χ2v) is 4.42. The summed E-state index contributed by atoms with van der Waals surface area (Å²) in [4.78, 5) is 34.4. The highest BCUT2D eigenvalue weighted by Gasteiger charge is 2.17. The highest BCUT2D eigenvalue weighted by molar-refractivity contribution is 5.94. The molecular weight excluding hydrogens is 276 g/mol. The molecule has 0 atom stereocenters. The minimum absolute atomic E-state index is 0.0357. The Morgan fingerprint density at radius 2 is 1.76 bits per heavy atom. The van der Waals surface area contributed by atoms with Crippen molar-refractivity contribution in [3.05, 3.63) is 57.4 Å². The monoisotopic (exact) mass is 288 g/mol. The Hall–Kier alpha value is -3.09. The molecule has 7 nitrogen and oxygen atoms in total. The van der Waals surface area contributed by atoms with E-state index < -0.39 is 17.4 Å². The lowest BCUT2D eigenvalue weighted by Crippen LogP contribution is -2.30. The van der Waals surface area contributed by atoms with Crippen LogP contribution in [0, 0.1) is 6.92 Å². The number of carbonyl (C=O) groups excluding carboxylic acids is 1. The number of aryl methyl sites for hydroxylation is 1. The summed E-state index contributed by atoms with van der Waals surface area (Å²) in [5.74, 6) is -2.38. The van der Waals surface area contributed by atoms with Crippen LogP contribution in [0.3, 0.4) is 0 Å². The summed E-state index contributed by atoms with van der Waals surface area (Å²) in [5.41, 5.74) is 4.71. The summed E-state index contributed by atoms with van der Waals surface area (Å²) in [6.45, 7) is 1.49. The Labute approximate surface area is 118 Å². The molecule has 21 heavy (non-hydrogen) atoms. The summed E-state index contributed by atoms with van der Waals surface area (Å²) in [6.07, 6.45) is 0. The summed E-state index contributed by atoms with van der Waals surface area (Å²) >= 11 is 0. The number of aromatic nitrogens is 1. The number of rotatable bonds is 3. The third-order valence-electron chi connectivity index (χ3n) is 3.00. The van der Waals surface area contributed by atoms with Crippen LogP contribution in [-0.4, -0.2) is 26.7 Å². The minimum atomic E-state index is -1.11. The number of carboxylic acids is 1. The zero-order chi connectivity index (χ0) is 15.7. The van der Waals surface area contributed by atoms with Gasteiger partial charge in [-0.3, -0.25) is 9.59 Å². The van der Waals surface area contributed by atoms with E-state index in [0.29, 0.717) is 0 Å². The molecule has 1 amide bonds. The first-order valence-corrected chi connectivity index (χ1v) is 5.92. The summed E-state index contributed by atoms with van der Waals surface area (Å²) in [6, 6.07) is 6.52. The number of pyridine rings is 1. The van der Waals surface area contributed by atoms with Gasteiger partial charge in [-0.15, -0.1) is 0 Å². The molecule has 0 radical (unpaired) electrons. The van der Waals surface area contributed by atoms with Crippen molar-refractivity contribution < 1.29 is 19.8 Å². The van der Waals surface area contributed by atoms with Crippen LogP contribution in [0.4, 0.5) is 0 Å². The van der Waals surface area contributed by atoms with Crippen molar-refractivity contribution in [2.24, 2.45) is 5.73 Å². The van der Waals surface area contributed by atoms with Crippen LogP contribution in [0.1, 0.15) is 26.3 Å². The van der Waals surface area contributed by atoms with E-state index >= 15 is 0 Å². The number of carboxylic acid groups (broad SMARTS) is 1. The molecule has 1 aromatic heterocycles. The van der Waals surface area contributed by atoms with Crippen molar-refractivity contribution in [1.29, 1.82) is 0 Å². The van der Waals surface area contributed by atoms with E-state index in [1.807, 2.05) is 0 Å². The van der Waals surface area contributed by atoms with Gasteiger partial charge in [0.1, 0.15) is 5.56 Å². The molecule has 0 saturated carbocycles. The first-order valence-electron chi connectivity index (χ1n) is 5.92. The maximum absolute atomic E-state index is 12.3. The van der Waals surface area contributed by atoms with Crippen molar-refractivity contribution >= 4 is 11.9 Å². The normalized spacial score (nSPS) is 10.3. The largest absolute Gasteiger partial charge is 0.494 e. The predicted molar refractivity (Wildman–Crippen MR) is 73.9 cm³/mol. The van der Waals surface area contributed by atoms with Gasteiger partial charge in [0.05, 0.1) is 11.3 Å². The lowest BCUT2D eigenvalue weighted by Gasteiger charge is -2.11. The molecule has 0 aliphatic rings. The molecule has 0 aliphatic heterocycles. The van der Waals surface area contributed by atoms with Crippen LogP contribution < -0.4 is 11.3 Å². The van der Waals surface area contributed by atoms with Gasteiger partial charge in [0.15, 0.2) is 5.88 Å². The van der Waals surface area contributed by atoms with Crippen molar-refractivity contribution in [2.75, 3.05) is 0 Å². The molecule has 0 unspecified atom stereocenters. The molecule has 108 valence electrons. The smallest absolute Gasteiger partial charge is 0.335 e. The van der Waals surface area contributed by atoms with E-state index in [1.165, 1.54) is 37.3 Å². The molecule has 0 bridgehead atoms. The van der Waals surface area contributed by atoms with Gasteiger partial charge in [0.2, 0.25) is 0 Å². The van der Waals surface area contributed by atoms with Crippen LogP contribution in [0.25, 0.3) is 5.69 Å². The summed E-state index contributed by atoms with van der Waals surface area (Å²) in [7, 11) is 0. The summed E-state index contributed by atoms with van der Waals surface area (Å²) < 4.78 is 0.888. The van der Waals surface area contributed by atoms with Crippen LogP contribution in [0.2, 0.25) is 0 Å². The molecule has 0 saturated heterocycles. The number of carbonyl (C=O) groups is 2. The van der Waals surface area contributed by atoms with Crippen molar-refractivity contribution in [1.82, 2.24) is 4.57 Å². The average molecular weight is 288 g/mol. The van der Waals surface area contributed by atoms with Gasteiger partial charge in [-0.2, -0.15) is 0 Å². The number of benzene rings is 1. The lowest BCUT2D eigenvalue weighted by molar-refractivity contribution is 0.0696. The van der Waals surface area contributed by atoms with Gasteiger partial charge in [-0.05, 0) is 36.8 Å². The van der Waals surface area contributed by atoms with E-state index in [4.69, 9.17) is 10.8 Å². The Bertz CT molecular complexity index is 790. The zero-order valence-corrected chi connectivity index (χ0v) is 11.0. The van der Waals surface area contributed by atoms with Gasteiger partial charge < -0.3 is 15.9 Å². The molecule has 1 heterocycles. The number of primary amides is 1. The quantitative estimate of drug-likeness (QED) is 0.765.